The number of fused-ring (bicyclic) bond motifs is 1. The summed E-state index contributed by atoms with van der Waals surface area (Å²) in [6.45, 7) is 5.20. The van der Waals surface area contributed by atoms with Crippen molar-refractivity contribution in [1.82, 2.24) is 25.3 Å². The third kappa shape index (κ3) is 4.86. The number of hydrogen-bond acceptors (Lipinski definition) is 3. The number of piperidine rings is 1. The molecule has 162 valence electrons. The topological polar surface area (TPSA) is 85.0 Å². The first kappa shape index (κ1) is 20.5. The Morgan fingerprint density at radius 2 is 1.77 bits per heavy atom. The molecule has 0 aromatic heterocycles. The van der Waals surface area contributed by atoms with E-state index < -0.39 is 0 Å². The minimum Gasteiger partial charge on any atom is -0.341 e. The van der Waals surface area contributed by atoms with E-state index in [1.54, 1.807) is 4.90 Å². The molecule has 1 aromatic rings. The van der Waals surface area contributed by atoms with Crippen LogP contribution in [0.5, 0.6) is 0 Å². The summed E-state index contributed by atoms with van der Waals surface area (Å²) in [6, 6.07) is 9.85. The van der Waals surface area contributed by atoms with Crippen LogP contribution in [0.2, 0.25) is 0 Å². The zero-order valence-electron chi connectivity index (χ0n) is 17.4. The Labute approximate surface area is 177 Å². The maximum Gasteiger partial charge on any atom is 0.317 e. The first-order valence-electron chi connectivity index (χ1n) is 11.0. The number of carbonyl (C=O) groups is 3. The van der Waals surface area contributed by atoms with Crippen molar-refractivity contribution in [3.63, 3.8) is 0 Å². The maximum absolute atomic E-state index is 12.7. The molecule has 5 amide bonds. The lowest BCUT2D eigenvalue weighted by Gasteiger charge is -2.37. The van der Waals surface area contributed by atoms with Crippen LogP contribution in [0.25, 0.3) is 0 Å². The maximum atomic E-state index is 12.7. The Morgan fingerprint density at radius 1 is 1.00 bits per heavy atom. The van der Waals surface area contributed by atoms with Crippen molar-refractivity contribution in [1.29, 1.82) is 0 Å². The quantitative estimate of drug-likeness (QED) is 0.767. The van der Waals surface area contributed by atoms with Crippen LogP contribution in [0.15, 0.2) is 30.3 Å². The number of carbonyl (C=O) groups excluding carboxylic acids is 3. The number of hydrogen-bond donors (Lipinski definition) is 2. The van der Waals surface area contributed by atoms with E-state index in [2.05, 4.69) is 10.6 Å². The van der Waals surface area contributed by atoms with E-state index >= 15 is 0 Å². The number of amides is 5. The Kier molecular flexibility index (Phi) is 6.40. The van der Waals surface area contributed by atoms with Crippen molar-refractivity contribution in [2.75, 3.05) is 45.8 Å². The van der Waals surface area contributed by atoms with Gasteiger partial charge in [-0.3, -0.25) is 4.79 Å². The van der Waals surface area contributed by atoms with Crippen LogP contribution in [0.3, 0.4) is 0 Å². The molecule has 0 radical (unpaired) electrons. The van der Waals surface area contributed by atoms with Gasteiger partial charge in [0, 0.05) is 58.8 Å². The summed E-state index contributed by atoms with van der Waals surface area (Å²) in [5, 5.41) is 5.82. The van der Waals surface area contributed by atoms with Crippen molar-refractivity contribution in [2.45, 2.75) is 25.8 Å². The number of likely N-dealkylation sites (tertiary alicyclic amines) is 2. The molecule has 3 aliphatic rings. The molecular formula is C22H31N5O3. The van der Waals surface area contributed by atoms with E-state index in [1.807, 2.05) is 40.1 Å². The summed E-state index contributed by atoms with van der Waals surface area (Å²) in [4.78, 5) is 42.7. The predicted molar refractivity (Wildman–Crippen MR) is 113 cm³/mol. The molecule has 2 N–H and O–H groups in total. The van der Waals surface area contributed by atoms with Crippen LogP contribution in [-0.4, -0.2) is 78.5 Å². The smallest absolute Gasteiger partial charge is 0.317 e. The van der Waals surface area contributed by atoms with E-state index in [1.165, 1.54) is 0 Å². The van der Waals surface area contributed by atoms with Gasteiger partial charge in [0.15, 0.2) is 0 Å². The minimum absolute atomic E-state index is 0.0234. The lowest BCUT2D eigenvalue weighted by molar-refractivity contribution is -0.131. The van der Waals surface area contributed by atoms with Gasteiger partial charge < -0.3 is 25.3 Å². The molecule has 1 aromatic carbocycles. The second-order valence-electron chi connectivity index (χ2n) is 8.49. The van der Waals surface area contributed by atoms with Gasteiger partial charge in [-0.2, -0.15) is 0 Å². The molecule has 3 aliphatic heterocycles. The normalized spacial score (nSPS) is 24.3. The third-order valence-electron chi connectivity index (χ3n) is 6.61. The lowest BCUT2D eigenvalue weighted by Crippen LogP contribution is -2.48. The first-order valence-corrected chi connectivity index (χ1v) is 11.0. The Bertz CT molecular complexity index is 771. The zero-order chi connectivity index (χ0) is 20.9. The molecule has 3 saturated heterocycles. The molecule has 8 heteroatoms. The Morgan fingerprint density at radius 3 is 2.53 bits per heavy atom. The molecule has 8 nitrogen and oxygen atoms in total. The molecule has 0 saturated carbocycles. The summed E-state index contributed by atoms with van der Waals surface area (Å²) < 4.78 is 0. The van der Waals surface area contributed by atoms with Crippen LogP contribution < -0.4 is 10.6 Å². The van der Waals surface area contributed by atoms with Gasteiger partial charge in [0.05, 0.1) is 0 Å². The predicted octanol–water partition coefficient (Wildman–Crippen LogP) is 1.48. The van der Waals surface area contributed by atoms with Crippen LogP contribution in [0, 0.1) is 11.8 Å². The second kappa shape index (κ2) is 9.36. The zero-order valence-corrected chi connectivity index (χ0v) is 17.4. The highest BCUT2D eigenvalue weighted by Gasteiger charge is 2.36. The van der Waals surface area contributed by atoms with Crippen molar-refractivity contribution < 1.29 is 14.4 Å². The highest BCUT2D eigenvalue weighted by molar-refractivity contribution is 5.78. The number of rotatable bonds is 5. The van der Waals surface area contributed by atoms with Gasteiger partial charge in [0.2, 0.25) is 5.91 Å². The fourth-order valence-corrected chi connectivity index (χ4v) is 4.75. The SMILES string of the molecule is O=C1C[C@@H]2CCN(C(=O)NCc3ccccc3)C[C@@H]2CCN1CCN1CCNC1=O. The van der Waals surface area contributed by atoms with Crippen molar-refractivity contribution >= 4 is 18.0 Å². The van der Waals surface area contributed by atoms with Crippen LogP contribution in [-0.2, 0) is 11.3 Å². The first-order chi connectivity index (χ1) is 14.6. The highest BCUT2D eigenvalue weighted by Crippen LogP contribution is 2.32. The van der Waals surface area contributed by atoms with E-state index in [4.69, 9.17) is 0 Å². The average Bonchev–Trinajstić information content (AvgIpc) is 3.10. The molecule has 3 heterocycles. The molecule has 0 spiro atoms. The molecule has 2 atom stereocenters. The second-order valence-corrected chi connectivity index (χ2v) is 8.49. The molecule has 30 heavy (non-hydrogen) atoms. The van der Waals surface area contributed by atoms with E-state index in [0.29, 0.717) is 70.6 Å². The fourth-order valence-electron chi connectivity index (χ4n) is 4.75. The van der Waals surface area contributed by atoms with Crippen molar-refractivity contribution in [3.8, 4) is 0 Å². The van der Waals surface area contributed by atoms with Crippen LogP contribution in [0.1, 0.15) is 24.8 Å². The average molecular weight is 414 g/mol. The summed E-state index contributed by atoms with van der Waals surface area (Å²) in [5.74, 6) is 0.880. The fraction of sp³-hybridized carbons (Fsp3) is 0.591. The summed E-state index contributed by atoms with van der Waals surface area (Å²) in [5.41, 5.74) is 1.09. The van der Waals surface area contributed by atoms with Crippen LogP contribution >= 0.6 is 0 Å². The van der Waals surface area contributed by atoms with Gasteiger partial charge in [-0.25, -0.2) is 9.59 Å². The van der Waals surface area contributed by atoms with Gasteiger partial charge in [0.1, 0.15) is 0 Å². The minimum atomic E-state index is -0.0388. The Balaban J connectivity index is 1.27. The monoisotopic (exact) mass is 413 g/mol. The number of nitrogens with zero attached hydrogens (tertiary/aromatic N) is 3. The number of benzene rings is 1. The lowest BCUT2D eigenvalue weighted by atomic mass is 9.82. The molecule has 0 aliphatic carbocycles. The van der Waals surface area contributed by atoms with Gasteiger partial charge in [-0.05, 0) is 30.2 Å². The number of urea groups is 2. The van der Waals surface area contributed by atoms with Crippen molar-refractivity contribution in [3.05, 3.63) is 35.9 Å². The van der Waals surface area contributed by atoms with Gasteiger partial charge in [0.25, 0.3) is 0 Å². The molecule has 4 rings (SSSR count). The highest BCUT2D eigenvalue weighted by atomic mass is 16.2. The van der Waals surface area contributed by atoms with Gasteiger partial charge in [-0.1, -0.05) is 30.3 Å². The summed E-state index contributed by atoms with van der Waals surface area (Å²) in [6.07, 6.45) is 2.33. The van der Waals surface area contributed by atoms with E-state index in [0.717, 1.165) is 18.4 Å². The largest absolute Gasteiger partial charge is 0.341 e. The standard InChI is InChI=1S/C22H31N5O3/c28-20-14-18-6-10-27(22(30)24-15-17-4-2-1-3-5-17)16-19(18)7-9-25(20)12-13-26-11-8-23-21(26)29/h1-5,18-19H,6-16H2,(H,23,29)(H,24,30)/t18-,19-/m0/s1. The van der Waals surface area contributed by atoms with E-state index in [9.17, 15) is 14.4 Å². The third-order valence-corrected chi connectivity index (χ3v) is 6.61. The molecule has 0 bridgehead atoms. The van der Waals surface area contributed by atoms with Crippen LogP contribution in [0.4, 0.5) is 9.59 Å². The van der Waals surface area contributed by atoms with Gasteiger partial charge in [-0.15, -0.1) is 0 Å². The Hall–Kier alpha value is -2.77. The molecule has 0 unspecified atom stereocenters. The molecule has 3 fully saturated rings. The van der Waals surface area contributed by atoms with E-state index in [-0.39, 0.29) is 18.0 Å². The summed E-state index contributed by atoms with van der Waals surface area (Å²) in [7, 11) is 0. The summed E-state index contributed by atoms with van der Waals surface area (Å²) >= 11 is 0. The molecular weight excluding hydrogens is 382 g/mol. The van der Waals surface area contributed by atoms with Gasteiger partial charge >= 0.3 is 12.1 Å². The van der Waals surface area contributed by atoms with Crippen molar-refractivity contribution in [2.24, 2.45) is 11.8 Å². The number of nitrogens with one attached hydrogen (secondary N) is 2.